The first kappa shape index (κ1) is 32.7. The number of nitrogens with one attached hydrogen (secondary N) is 2. The molecule has 1 aromatic heterocycles. The molecule has 248 valence electrons. The molecule has 2 atom stereocenters. The highest BCUT2D eigenvalue weighted by Crippen LogP contribution is 2.67. The third-order valence-corrected chi connectivity index (χ3v) is 10.6. The van der Waals surface area contributed by atoms with Gasteiger partial charge in [0.15, 0.2) is 0 Å². The average Bonchev–Trinajstić information content (AvgIpc) is 3.37. The van der Waals surface area contributed by atoms with Crippen molar-refractivity contribution in [1.29, 1.82) is 0 Å². The number of fused-ring (bicyclic) bond motifs is 1. The van der Waals surface area contributed by atoms with Gasteiger partial charge in [0.05, 0.1) is 5.56 Å². The predicted molar refractivity (Wildman–Crippen MR) is 180 cm³/mol. The van der Waals surface area contributed by atoms with Crippen molar-refractivity contribution in [1.82, 2.24) is 9.88 Å². The molecule has 0 spiro atoms. The van der Waals surface area contributed by atoms with E-state index in [1.54, 1.807) is 4.90 Å². The number of alkyl halides is 3. The number of hydrogen-bond donors (Lipinski definition) is 2. The minimum atomic E-state index is -4.46. The molecule has 0 aliphatic heterocycles. The maximum atomic E-state index is 14.6. The molecule has 0 saturated heterocycles. The zero-order valence-corrected chi connectivity index (χ0v) is 27.7. The molecule has 0 bridgehead atoms. The van der Waals surface area contributed by atoms with E-state index in [-0.39, 0.29) is 42.0 Å². The molecule has 2 unspecified atom stereocenters. The van der Waals surface area contributed by atoms with E-state index >= 15 is 0 Å². The summed E-state index contributed by atoms with van der Waals surface area (Å²) in [7, 11) is 3.88. The Morgan fingerprint density at radius 3 is 2.19 bits per heavy atom. The number of anilines is 2. The van der Waals surface area contributed by atoms with E-state index in [4.69, 9.17) is 0 Å². The van der Waals surface area contributed by atoms with Gasteiger partial charge >= 0.3 is 6.18 Å². The summed E-state index contributed by atoms with van der Waals surface area (Å²) in [6.45, 7) is 6.50. The number of carbonyl (C=O) groups excluding carboxylic acids is 2. The van der Waals surface area contributed by atoms with Crippen molar-refractivity contribution >= 4 is 34.1 Å². The highest BCUT2D eigenvalue weighted by atomic mass is 19.4. The lowest BCUT2D eigenvalue weighted by molar-refractivity contribution is -0.146. The van der Waals surface area contributed by atoms with Crippen LogP contribution in [0.3, 0.4) is 0 Å². The number of amides is 2. The zero-order chi connectivity index (χ0) is 33.7. The lowest BCUT2D eigenvalue weighted by atomic mass is 9.91. The Kier molecular flexibility index (Phi) is 8.39. The number of hydrogen-bond acceptors (Lipinski definition) is 3. The Balaban J connectivity index is 1.32. The Morgan fingerprint density at radius 1 is 0.936 bits per heavy atom. The fraction of sp³-hybridized carbons (Fsp3) is 0.421. The normalized spacial score (nSPS) is 19.8. The number of halogens is 3. The molecule has 47 heavy (non-hydrogen) atoms. The van der Waals surface area contributed by atoms with Gasteiger partial charge in [-0.05, 0) is 90.6 Å². The molecule has 1 heterocycles. The minimum Gasteiger partial charge on any atom is -0.378 e. The Bertz CT molecular complexity index is 1770. The van der Waals surface area contributed by atoms with E-state index in [2.05, 4.69) is 43.2 Å². The van der Waals surface area contributed by atoms with Gasteiger partial charge in [-0.2, -0.15) is 13.2 Å². The van der Waals surface area contributed by atoms with E-state index in [1.165, 1.54) is 17.7 Å². The minimum absolute atomic E-state index is 0.0445. The Hall–Kier alpha value is -4.27. The van der Waals surface area contributed by atoms with Crippen LogP contribution in [0.4, 0.5) is 24.5 Å². The third kappa shape index (κ3) is 6.12. The van der Waals surface area contributed by atoms with Crippen LogP contribution in [-0.2, 0) is 22.3 Å². The quantitative estimate of drug-likeness (QED) is 0.192. The van der Waals surface area contributed by atoms with Crippen LogP contribution >= 0.6 is 0 Å². The predicted octanol–water partition coefficient (Wildman–Crippen LogP) is 8.67. The molecule has 0 radical (unpaired) electrons. The van der Waals surface area contributed by atoms with E-state index in [0.29, 0.717) is 24.1 Å². The summed E-state index contributed by atoms with van der Waals surface area (Å²) < 4.78 is 40.1. The average molecular weight is 645 g/mol. The second-order valence-electron chi connectivity index (χ2n) is 14.1. The Morgan fingerprint density at radius 2 is 1.57 bits per heavy atom. The summed E-state index contributed by atoms with van der Waals surface area (Å²) in [6, 6.07) is 20.7. The number of aromatic nitrogens is 1. The molecule has 6 rings (SSSR count). The second-order valence-corrected chi connectivity index (χ2v) is 14.1. The smallest absolute Gasteiger partial charge is 0.378 e. The van der Waals surface area contributed by atoms with Crippen molar-refractivity contribution in [3.8, 4) is 0 Å². The largest absolute Gasteiger partial charge is 0.416 e. The SMILES string of the molecule is Cc1[nH]c2ccccc2c1C1C(CC(=O)N(Cc2ccc(C(F)(F)F)cc2)C2(C(=O)Nc3ccc(N(C)C)cc3)CCCC2)C1(C)C. The van der Waals surface area contributed by atoms with Crippen LogP contribution in [0.2, 0.25) is 0 Å². The van der Waals surface area contributed by atoms with E-state index < -0.39 is 17.3 Å². The number of para-hydroxylation sites is 1. The number of nitrogens with zero attached hydrogens (tertiary/aromatic N) is 2. The van der Waals surface area contributed by atoms with Gasteiger partial charge in [-0.3, -0.25) is 9.59 Å². The molecule has 6 nitrogen and oxygen atoms in total. The molecule has 2 fully saturated rings. The number of H-pyrrole nitrogens is 1. The van der Waals surface area contributed by atoms with E-state index in [0.717, 1.165) is 47.3 Å². The standard InChI is InChI=1S/C38H43F3N4O2/c1-24-33(29-10-6-7-11-31(29)42-24)34-30(36(34,2)3)22-32(46)45(23-25-12-14-26(15-13-25)38(39,40)41)37(20-8-9-21-37)35(47)43-27-16-18-28(19-17-27)44(4)5/h6-7,10-19,30,34,42H,8-9,20-23H2,1-5H3,(H,43,47). The number of carbonyl (C=O) groups is 2. The van der Waals surface area contributed by atoms with Gasteiger partial charge in [0.2, 0.25) is 11.8 Å². The highest BCUT2D eigenvalue weighted by molar-refractivity contribution is 6.01. The number of rotatable bonds is 9. The fourth-order valence-electron chi connectivity index (χ4n) is 7.83. The Labute approximate surface area is 274 Å². The molecule has 2 amide bonds. The maximum Gasteiger partial charge on any atom is 0.416 e. The lowest BCUT2D eigenvalue weighted by Gasteiger charge is -2.40. The summed E-state index contributed by atoms with van der Waals surface area (Å²) >= 11 is 0. The van der Waals surface area contributed by atoms with Gasteiger partial charge in [-0.25, -0.2) is 0 Å². The number of benzene rings is 3. The van der Waals surface area contributed by atoms with Crippen molar-refractivity contribution in [2.75, 3.05) is 24.3 Å². The summed E-state index contributed by atoms with van der Waals surface area (Å²) in [4.78, 5) is 36.0. The van der Waals surface area contributed by atoms with E-state index in [1.807, 2.05) is 55.4 Å². The summed E-state index contributed by atoms with van der Waals surface area (Å²) in [5, 5.41) is 4.24. The van der Waals surface area contributed by atoms with Crippen LogP contribution < -0.4 is 10.2 Å². The first-order valence-corrected chi connectivity index (χ1v) is 16.3. The summed E-state index contributed by atoms with van der Waals surface area (Å²) in [6.07, 6.45) is -1.70. The maximum absolute atomic E-state index is 14.6. The molecular weight excluding hydrogens is 601 g/mol. The second kappa shape index (κ2) is 12.1. The summed E-state index contributed by atoms with van der Waals surface area (Å²) in [5.41, 5.74) is 3.55. The van der Waals surface area contributed by atoms with Gasteiger partial charge in [-0.1, -0.05) is 57.0 Å². The van der Waals surface area contributed by atoms with Crippen molar-refractivity contribution in [2.24, 2.45) is 11.3 Å². The third-order valence-electron chi connectivity index (χ3n) is 10.6. The molecule has 2 N–H and O–H groups in total. The fourth-order valence-corrected chi connectivity index (χ4v) is 7.83. The topological polar surface area (TPSA) is 68.4 Å². The monoisotopic (exact) mass is 644 g/mol. The number of aryl methyl sites for hydroxylation is 1. The van der Waals surface area contributed by atoms with Crippen LogP contribution in [0.1, 0.15) is 74.3 Å². The lowest BCUT2D eigenvalue weighted by Crippen LogP contribution is -2.57. The first-order valence-electron chi connectivity index (χ1n) is 16.3. The van der Waals surface area contributed by atoms with Crippen LogP contribution in [0.5, 0.6) is 0 Å². The molecular formula is C38H43F3N4O2. The molecule has 4 aromatic rings. The van der Waals surface area contributed by atoms with Crippen LogP contribution in [0.25, 0.3) is 10.9 Å². The highest BCUT2D eigenvalue weighted by Gasteiger charge is 2.60. The van der Waals surface area contributed by atoms with Crippen LogP contribution in [0, 0.1) is 18.3 Å². The van der Waals surface area contributed by atoms with E-state index in [9.17, 15) is 22.8 Å². The van der Waals surface area contributed by atoms with Crippen molar-refractivity contribution in [3.63, 3.8) is 0 Å². The molecule has 9 heteroatoms. The van der Waals surface area contributed by atoms with Gasteiger partial charge in [-0.15, -0.1) is 0 Å². The van der Waals surface area contributed by atoms with Gasteiger partial charge < -0.3 is 20.1 Å². The van der Waals surface area contributed by atoms with Gasteiger partial charge in [0.1, 0.15) is 5.54 Å². The zero-order valence-electron chi connectivity index (χ0n) is 27.7. The van der Waals surface area contributed by atoms with Crippen molar-refractivity contribution in [2.45, 2.75) is 77.1 Å². The van der Waals surface area contributed by atoms with Gasteiger partial charge in [0.25, 0.3) is 0 Å². The molecule has 2 aliphatic rings. The molecule has 2 aliphatic carbocycles. The van der Waals surface area contributed by atoms with Crippen LogP contribution in [0.15, 0.2) is 72.8 Å². The van der Waals surface area contributed by atoms with Crippen molar-refractivity contribution < 1.29 is 22.8 Å². The molecule has 3 aromatic carbocycles. The molecule has 2 saturated carbocycles. The van der Waals surface area contributed by atoms with Crippen molar-refractivity contribution in [3.05, 3.63) is 95.2 Å². The van der Waals surface area contributed by atoms with Gasteiger partial charge in [0, 0.05) is 55.0 Å². The first-order chi connectivity index (χ1) is 22.2. The van der Waals surface area contributed by atoms with Crippen LogP contribution in [-0.4, -0.2) is 41.3 Å². The summed E-state index contributed by atoms with van der Waals surface area (Å²) in [5.74, 6) is -0.211. The number of aromatic amines is 1.